The first-order valence-corrected chi connectivity index (χ1v) is 15.6. The standard InChI is InChI=1S/C35H34ClN3O9/c1-16-12-23(41)28(32(43)35(16)33(44)29-25(46-4)15-26(47-5)30(36)31(29)48-35)19(18-10-11-22(40)24(13-18)45-3)14-27(42)37-17(2)34-38-20-8-6-7-9-21(20)39-34/h6-11,13,15-17,19,40,43H,12,14H2,1-5H3,(H,37,42)(H,38,39)/t16-,17+,19?,35+/m1/s1. The molecule has 0 fully saturated rings. The zero-order chi connectivity index (χ0) is 34.5. The molecule has 1 spiro atoms. The van der Waals surface area contributed by atoms with Gasteiger partial charge in [-0.15, -0.1) is 0 Å². The van der Waals surface area contributed by atoms with Crippen LogP contribution < -0.4 is 24.3 Å². The Balaban J connectivity index is 1.44. The zero-order valence-electron chi connectivity index (χ0n) is 26.8. The van der Waals surface area contributed by atoms with Gasteiger partial charge in [-0.3, -0.25) is 14.4 Å². The highest BCUT2D eigenvalue weighted by Crippen LogP contribution is 2.56. The van der Waals surface area contributed by atoms with Gasteiger partial charge < -0.3 is 39.5 Å². The van der Waals surface area contributed by atoms with E-state index in [1.165, 1.54) is 45.6 Å². The molecule has 250 valence electrons. The van der Waals surface area contributed by atoms with E-state index in [1.807, 2.05) is 24.3 Å². The summed E-state index contributed by atoms with van der Waals surface area (Å²) in [6, 6.07) is 12.7. The molecule has 48 heavy (non-hydrogen) atoms. The van der Waals surface area contributed by atoms with Crippen LogP contribution in [0.2, 0.25) is 5.02 Å². The Labute approximate surface area is 280 Å². The van der Waals surface area contributed by atoms with Gasteiger partial charge >= 0.3 is 0 Å². The van der Waals surface area contributed by atoms with Crippen molar-refractivity contribution in [2.24, 2.45) is 5.92 Å². The number of phenolic OH excluding ortho intramolecular Hbond substituents is 1. The summed E-state index contributed by atoms with van der Waals surface area (Å²) in [5.41, 5.74) is -0.322. The van der Waals surface area contributed by atoms with Crippen LogP contribution in [0.25, 0.3) is 11.0 Å². The molecule has 12 nitrogen and oxygen atoms in total. The highest BCUT2D eigenvalue weighted by molar-refractivity contribution is 6.35. The number of methoxy groups -OCH3 is 3. The Morgan fingerprint density at radius 2 is 1.79 bits per heavy atom. The topological polar surface area (TPSA) is 169 Å². The first-order valence-electron chi connectivity index (χ1n) is 15.2. The molecule has 1 aliphatic carbocycles. The second-order valence-electron chi connectivity index (χ2n) is 11.9. The number of aromatic amines is 1. The molecule has 0 radical (unpaired) electrons. The van der Waals surface area contributed by atoms with E-state index in [1.54, 1.807) is 13.8 Å². The molecular weight excluding hydrogens is 642 g/mol. The Bertz CT molecular complexity index is 1970. The van der Waals surface area contributed by atoms with Crippen LogP contribution in [-0.2, 0) is 9.59 Å². The monoisotopic (exact) mass is 675 g/mol. The summed E-state index contributed by atoms with van der Waals surface area (Å²) < 4.78 is 22.4. The molecule has 4 aromatic rings. The van der Waals surface area contributed by atoms with Gasteiger partial charge in [0.25, 0.3) is 0 Å². The number of hydrogen-bond acceptors (Lipinski definition) is 10. The molecule has 0 saturated carbocycles. The van der Waals surface area contributed by atoms with E-state index in [2.05, 4.69) is 15.3 Å². The predicted octanol–water partition coefficient (Wildman–Crippen LogP) is 5.73. The summed E-state index contributed by atoms with van der Waals surface area (Å²) in [6.45, 7) is 3.38. The number of nitrogens with one attached hydrogen (secondary N) is 2. The van der Waals surface area contributed by atoms with Crippen LogP contribution in [0.5, 0.6) is 28.7 Å². The van der Waals surface area contributed by atoms with Gasteiger partial charge in [-0.2, -0.15) is 0 Å². The number of amides is 1. The first kappa shape index (κ1) is 32.7. The van der Waals surface area contributed by atoms with Gasteiger partial charge in [0.05, 0.1) is 38.4 Å². The third-order valence-corrected chi connectivity index (χ3v) is 9.41. The van der Waals surface area contributed by atoms with Crippen LogP contribution in [0.3, 0.4) is 0 Å². The molecule has 0 bridgehead atoms. The number of ether oxygens (including phenoxy) is 4. The summed E-state index contributed by atoms with van der Waals surface area (Å²) in [6.07, 6.45) is -0.522. The van der Waals surface area contributed by atoms with Gasteiger partial charge in [0.15, 0.2) is 28.8 Å². The third-order valence-electron chi connectivity index (χ3n) is 9.05. The number of H-pyrrole nitrogens is 1. The van der Waals surface area contributed by atoms with Crippen molar-refractivity contribution < 1.29 is 43.5 Å². The number of ketones is 2. The van der Waals surface area contributed by atoms with Gasteiger partial charge in [0.2, 0.25) is 17.3 Å². The minimum Gasteiger partial charge on any atom is -0.507 e. The number of benzene rings is 3. The SMILES string of the molecule is COc1cc(C(CC(=O)N[C@@H](C)c2nc3ccccc3[nH]2)C2=C(O)[C@@]3(Oc4c(Cl)c(OC)cc(OC)c4C3=O)[C@H](C)CC2=O)ccc1O. The summed E-state index contributed by atoms with van der Waals surface area (Å²) in [5.74, 6) is -3.48. The van der Waals surface area contributed by atoms with E-state index >= 15 is 0 Å². The van der Waals surface area contributed by atoms with Crippen molar-refractivity contribution in [2.75, 3.05) is 21.3 Å². The van der Waals surface area contributed by atoms with Crippen LogP contribution in [-0.4, -0.2) is 64.6 Å². The lowest BCUT2D eigenvalue weighted by Gasteiger charge is -2.38. The van der Waals surface area contributed by atoms with Crippen LogP contribution in [0.4, 0.5) is 0 Å². The Morgan fingerprint density at radius 3 is 2.48 bits per heavy atom. The fraction of sp³-hybridized carbons (Fsp3) is 0.314. The summed E-state index contributed by atoms with van der Waals surface area (Å²) >= 11 is 6.59. The van der Waals surface area contributed by atoms with Crippen LogP contribution >= 0.6 is 11.6 Å². The predicted molar refractivity (Wildman–Crippen MR) is 175 cm³/mol. The molecule has 2 aliphatic rings. The fourth-order valence-electron chi connectivity index (χ4n) is 6.57. The quantitative estimate of drug-likeness (QED) is 0.172. The lowest BCUT2D eigenvalue weighted by molar-refractivity contribution is -0.122. The molecule has 4 atom stereocenters. The van der Waals surface area contributed by atoms with Crippen LogP contribution in [0.1, 0.15) is 60.4 Å². The first-order chi connectivity index (χ1) is 22.9. The lowest BCUT2D eigenvalue weighted by Crippen LogP contribution is -2.53. The number of aliphatic hydroxyl groups excluding tert-OH is 1. The van der Waals surface area contributed by atoms with E-state index in [0.717, 1.165) is 11.0 Å². The number of para-hydroxylation sites is 2. The maximum atomic E-state index is 14.3. The number of hydrogen-bond donors (Lipinski definition) is 4. The minimum absolute atomic E-state index is 0.00394. The summed E-state index contributed by atoms with van der Waals surface area (Å²) in [7, 11) is 4.13. The number of aromatic hydroxyl groups is 1. The van der Waals surface area contributed by atoms with Crippen molar-refractivity contribution in [1.29, 1.82) is 0 Å². The van der Waals surface area contributed by atoms with Crippen molar-refractivity contribution in [3.05, 3.63) is 81.8 Å². The molecule has 1 aliphatic heterocycles. The normalized spacial score (nSPS) is 20.0. The van der Waals surface area contributed by atoms with Gasteiger partial charge in [0.1, 0.15) is 27.9 Å². The molecule has 0 saturated heterocycles. The van der Waals surface area contributed by atoms with E-state index in [0.29, 0.717) is 11.4 Å². The highest BCUT2D eigenvalue weighted by atomic mass is 35.5. The number of nitrogens with zero attached hydrogens (tertiary/aromatic N) is 1. The second-order valence-corrected chi connectivity index (χ2v) is 12.3. The third kappa shape index (κ3) is 5.16. The number of rotatable bonds is 9. The summed E-state index contributed by atoms with van der Waals surface area (Å²) in [5, 5.41) is 25.4. The van der Waals surface area contributed by atoms with Crippen molar-refractivity contribution in [3.8, 4) is 28.7 Å². The number of imidazole rings is 1. The van der Waals surface area contributed by atoms with Crippen molar-refractivity contribution in [2.45, 2.75) is 44.2 Å². The largest absolute Gasteiger partial charge is 0.507 e. The molecule has 13 heteroatoms. The van der Waals surface area contributed by atoms with Crippen LogP contribution in [0, 0.1) is 5.92 Å². The number of aliphatic hydroxyl groups is 1. The van der Waals surface area contributed by atoms with Crippen molar-refractivity contribution in [3.63, 3.8) is 0 Å². The van der Waals surface area contributed by atoms with Crippen molar-refractivity contribution >= 4 is 40.1 Å². The number of allylic oxidation sites excluding steroid dienone is 1. The Kier molecular flexibility index (Phi) is 8.46. The number of carbonyl (C=O) groups excluding carboxylic acids is 3. The molecule has 1 aromatic heterocycles. The van der Waals surface area contributed by atoms with Gasteiger partial charge in [-0.25, -0.2) is 4.98 Å². The van der Waals surface area contributed by atoms with Gasteiger partial charge in [-0.05, 0) is 36.8 Å². The second kappa shape index (κ2) is 12.4. The summed E-state index contributed by atoms with van der Waals surface area (Å²) in [4.78, 5) is 49.7. The molecular formula is C35H34ClN3O9. The van der Waals surface area contributed by atoms with Crippen molar-refractivity contribution in [1.82, 2.24) is 15.3 Å². The molecule has 3 aromatic carbocycles. The fourth-order valence-corrected chi connectivity index (χ4v) is 6.83. The molecule has 1 unspecified atom stereocenters. The Morgan fingerprint density at radius 1 is 1.08 bits per heavy atom. The maximum absolute atomic E-state index is 14.3. The molecule has 6 rings (SSSR count). The maximum Gasteiger partial charge on any atom is 0.231 e. The van der Waals surface area contributed by atoms with E-state index in [-0.39, 0.29) is 57.7 Å². The Hall–Kier alpha value is -5.23. The lowest BCUT2D eigenvalue weighted by atomic mass is 9.69. The van der Waals surface area contributed by atoms with E-state index in [4.69, 9.17) is 30.5 Å². The average Bonchev–Trinajstić information content (AvgIpc) is 3.64. The van der Waals surface area contributed by atoms with E-state index in [9.17, 15) is 24.6 Å². The number of halogens is 1. The molecule has 1 amide bonds. The number of fused-ring (bicyclic) bond motifs is 2. The van der Waals surface area contributed by atoms with Gasteiger partial charge in [-0.1, -0.05) is 36.7 Å². The number of carbonyl (C=O) groups is 3. The zero-order valence-corrected chi connectivity index (χ0v) is 27.6. The smallest absolute Gasteiger partial charge is 0.231 e. The van der Waals surface area contributed by atoms with Crippen LogP contribution in [0.15, 0.2) is 59.9 Å². The van der Waals surface area contributed by atoms with Gasteiger partial charge in [0, 0.05) is 36.3 Å². The number of Topliss-reactive ketones (excluding diaryl/α,β-unsaturated/α-hetero) is 2. The average molecular weight is 676 g/mol. The number of phenols is 1. The van der Waals surface area contributed by atoms with E-state index < -0.39 is 46.7 Å². The minimum atomic E-state index is -2.05. The number of aromatic nitrogens is 2. The molecule has 4 N–H and O–H groups in total. The molecule has 2 heterocycles. The highest BCUT2D eigenvalue weighted by Gasteiger charge is 2.61.